The van der Waals surface area contributed by atoms with Crippen molar-refractivity contribution < 1.29 is 14.1 Å². The van der Waals surface area contributed by atoms with Crippen molar-refractivity contribution in [3.8, 4) is 0 Å². The fourth-order valence-electron chi connectivity index (χ4n) is 1.64. The third kappa shape index (κ3) is 3.18. The van der Waals surface area contributed by atoms with E-state index in [1.54, 1.807) is 17.8 Å². The predicted octanol–water partition coefficient (Wildman–Crippen LogP) is 1.55. The average molecular weight is 264 g/mol. The molecule has 0 amide bonds. The molecule has 2 heterocycles. The number of aryl methyl sites for hydroxylation is 1. The molecule has 0 saturated heterocycles. The molecule has 0 aliphatic rings. The molecule has 0 N–H and O–H groups in total. The number of esters is 1. The van der Waals surface area contributed by atoms with Crippen molar-refractivity contribution >= 4 is 5.97 Å². The van der Waals surface area contributed by atoms with Crippen LogP contribution in [0.15, 0.2) is 16.9 Å². The summed E-state index contributed by atoms with van der Waals surface area (Å²) < 4.78 is 11.5. The SMILES string of the molecule is CCOC(=O)c1nc([C@@H](C)Cn2cc(C)cn2)no1. The van der Waals surface area contributed by atoms with E-state index in [0.29, 0.717) is 12.4 Å². The van der Waals surface area contributed by atoms with E-state index in [9.17, 15) is 4.79 Å². The molecule has 0 radical (unpaired) electrons. The minimum absolute atomic E-state index is 0.00812. The van der Waals surface area contributed by atoms with Crippen molar-refractivity contribution in [1.29, 1.82) is 0 Å². The van der Waals surface area contributed by atoms with Gasteiger partial charge >= 0.3 is 11.9 Å². The van der Waals surface area contributed by atoms with Gasteiger partial charge in [0.15, 0.2) is 5.82 Å². The fourth-order valence-corrected chi connectivity index (χ4v) is 1.64. The van der Waals surface area contributed by atoms with Gasteiger partial charge in [0.1, 0.15) is 0 Å². The van der Waals surface area contributed by atoms with E-state index in [4.69, 9.17) is 9.26 Å². The van der Waals surface area contributed by atoms with Crippen LogP contribution in [0, 0.1) is 6.92 Å². The number of ether oxygens (including phenoxy) is 1. The molecule has 0 aliphatic carbocycles. The van der Waals surface area contributed by atoms with Gasteiger partial charge in [0.05, 0.1) is 19.3 Å². The second-order valence-corrected chi connectivity index (χ2v) is 4.32. The number of carbonyl (C=O) groups is 1. The summed E-state index contributed by atoms with van der Waals surface area (Å²) >= 11 is 0. The molecule has 0 spiro atoms. The van der Waals surface area contributed by atoms with Crippen molar-refractivity contribution in [2.45, 2.75) is 33.2 Å². The van der Waals surface area contributed by atoms with Gasteiger partial charge in [-0.2, -0.15) is 10.1 Å². The van der Waals surface area contributed by atoms with E-state index in [1.807, 2.05) is 20.0 Å². The topological polar surface area (TPSA) is 83.0 Å². The summed E-state index contributed by atoms with van der Waals surface area (Å²) in [7, 11) is 0. The van der Waals surface area contributed by atoms with Crippen LogP contribution in [-0.2, 0) is 11.3 Å². The number of aromatic nitrogens is 4. The van der Waals surface area contributed by atoms with Crippen LogP contribution in [0.2, 0.25) is 0 Å². The zero-order valence-electron chi connectivity index (χ0n) is 11.2. The molecule has 0 aromatic carbocycles. The van der Waals surface area contributed by atoms with Crippen LogP contribution in [0.3, 0.4) is 0 Å². The highest BCUT2D eigenvalue weighted by Gasteiger charge is 2.20. The lowest BCUT2D eigenvalue weighted by Gasteiger charge is -2.06. The van der Waals surface area contributed by atoms with Gasteiger partial charge in [0.25, 0.3) is 0 Å². The predicted molar refractivity (Wildman–Crippen MR) is 65.6 cm³/mol. The summed E-state index contributed by atoms with van der Waals surface area (Å²) in [6, 6.07) is 0. The maximum Gasteiger partial charge on any atom is 0.397 e. The molecular formula is C12H16N4O3. The Morgan fingerprint density at radius 3 is 3.00 bits per heavy atom. The minimum Gasteiger partial charge on any atom is -0.459 e. The zero-order valence-corrected chi connectivity index (χ0v) is 11.2. The Morgan fingerprint density at radius 2 is 2.37 bits per heavy atom. The molecule has 7 heteroatoms. The number of rotatable bonds is 5. The van der Waals surface area contributed by atoms with Crippen LogP contribution in [0.1, 0.15) is 41.8 Å². The molecule has 2 rings (SSSR count). The van der Waals surface area contributed by atoms with Crippen LogP contribution in [0.5, 0.6) is 0 Å². The van der Waals surface area contributed by atoms with E-state index in [1.165, 1.54) is 0 Å². The molecule has 0 aliphatic heterocycles. The summed E-state index contributed by atoms with van der Waals surface area (Å²) in [4.78, 5) is 15.4. The van der Waals surface area contributed by atoms with E-state index in [-0.39, 0.29) is 18.4 Å². The molecule has 0 fully saturated rings. The van der Waals surface area contributed by atoms with E-state index >= 15 is 0 Å². The molecule has 19 heavy (non-hydrogen) atoms. The molecule has 7 nitrogen and oxygen atoms in total. The van der Waals surface area contributed by atoms with Crippen LogP contribution in [0.4, 0.5) is 0 Å². The van der Waals surface area contributed by atoms with Crippen LogP contribution in [-0.4, -0.2) is 32.5 Å². The molecule has 2 aromatic rings. The largest absolute Gasteiger partial charge is 0.459 e. The minimum atomic E-state index is -0.594. The molecule has 1 atom stereocenters. The Balaban J connectivity index is 2.03. The normalized spacial score (nSPS) is 12.4. The standard InChI is InChI=1S/C12H16N4O3/c1-4-18-12(17)11-14-10(15-19-11)9(3)7-16-6-8(2)5-13-16/h5-6,9H,4,7H2,1-3H3/t9-/m0/s1. The lowest BCUT2D eigenvalue weighted by Crippen LogP contribution is -2.09. The smallest absolute Gasteiger partial charge is 0.397 e. The Kier molecular flexibility index (Phi) is 3.94. The second-order valence-electron chi connectivity index (χ2n) is 4.32. The maximum atomic E-state index is 11.4. The van der Waals surface area contributed by atoms with Gasteiger partial charge < -0.3 is 9.26 Å². The van der Waals surface area contributed by atoms with Crippen LogP contribution >= 0.6 is 0 Å². The van der Waals surface area contributed by atoms with Gasteiger partial charge in [-0.05, 0) is 19.4 Å². The highest BCUT2D eigenvalue weighted by Crippen LogP contribution is 2.14. The Hall–Kier alpha value is -2.18. The van der Waals surface area contributed by atoms with Crippen molar-refractivity contribution in [2.24, 2.45) is 0 Å². The van der Waals surface area contributed by atoms with Crippen molar-refractivity contribution in [1.82, 2.24) is 19.9 Å². The summed E-state index contributed by atoms with van der Waals surface area (Å²) in [5.74, 6) is -0.244. The Morgan fingerprint density at radius 1 is 1.58 bits per heavy atom. The first kappa shape index (κ1) is 13.3. The third-order valence-electron chi connectivity index (χ3n) is 2.56. The third-order valence-corrected chi connectivity index (χ3v) is 2.56. The first-order valence-electron chi connectivity index (χ1n) is 6.10. The monoisotopic (exact) mass is 264 g/mol. The van der Waals surface area contributed by atoms with Gasteiger partial charge in [-0.1, -0.05) is 12.1 Å². The average Bonchev–Trinajstić information content (AvgIpc) is 2.98. The molecular weight excluding hydrogens is 248 g/mol. The van der Waals surface area contributed by atoms with Gasteiger partial charge in [-0.15, -0.1) is 0 Å². The number of hydrogen-bond acceptors (Lipinski definition) is 6. The lowest BCUT2D eigenvalue weighted by atomic mass is 10.2. The first-order chi connectivity index (χ1) is 9.10. The summed E-state index contributed by atoms with van der Waals surface area (Å²) in [5, 5.41) is 7.99. The maximum absolute atomic E-state index is 11.4. The first-order valence-corrected chi connectivity index (χ1v) is 6.10. The van der Waals surface area contributed by atoms with Gasteiger partial charge in [0, 0.05) is 12.1 Å². The molecule has 0 unspecified atom stereocenters. The number of nitrogens with zero attached hydrogens (tertiary/aromatic N) is 4. The van der Waals surface area contributed by atoms with E-state index in [0.717, 1.165) is 5.56 Å². The summed E-state index contributed by atoms with van der Waals surface area (Å²) in [5.41, 5.74) is 1.09. The van der Waals surface area contributed by atoms with Crippen LogP contribution in [0.25, 0.3) is 0 Å². The van der Waals surface area contributed by atoms with Crippen molar-refractivity contribution in [2.75, 3.05) is 6.61 Å². The van der Waals surface area contributed by atoms with Gasteiger partial charge in [-0.25, -0.2) is 4.79 Å². The molecule has 0 bridgehead atoms. The van der Waals surface area contributed by atoms with Crippen molar-refractivity contribution in [3.05, 3.63) is 29.7 Å². The lowest BCUT2D eigenvalue weighted by molar-refractivity contribution is 0.0470. The summed E-state index contributed by atoms with van der Waals surface area (Å²) in [6.45, 7) is 6.53. The van der Waals surface area contributed by atoms with Gasteiger partial charge in [0.2, 0.25) is 0 Å². The highest BCUT2D eigenvalue weighted by molar-refractivity contribution is 5.83. The zero-order chi connectivity index (χ0) is 13.8. The van der Waals surface area contributed by atoms with Gasteiger partial charge in [-0.3, -0.25) is 4.68 Å². The Labute approximate surface area is 110 Å². The summed E-state index contributed by atoms with van der Waals surface area (Å²) in [6.07, 6.45) is 3.72. The highest BCUT2D eigenvalue weighted by atomic mass is 16.6. The molecule has 0 saturated carbocycles. The van der Waals surface area contributed by atoms with Crippen LogP contribution < -0.4 is 0 Å². The molecule has 102 valence electrons. The van der Waals surface area contributed by atoms with E-state index < -0.39 is 5.97 Å². The number of carbonyl (C=O) groups excluding carboxylic acids is 1. The Bertz CT molecular complexity index is 561. The molecule has 2 aromatic heterocycles. The second kappa shape index (κ2) is 5.64. The fraction of sp³-hybridized carbons (Fsp3) is 0.500. The van der Waals surface area contributed by atoms with E-state index in [2.05, 4.69) is 15.2 Å². The quantitative estimate of drug-likeness (QED) is 0.762. The number of hydrogen-bond donors (Lipinski definition) is 0. The van der Waals surface area contributed by atoms with Crippen molar-refractivity contribution in [3.63, 3.8) is 0 Å².